The molecule has 0 aliphatic carbocycles. The number of rotatable bonds is 3. The topological polar surface area (TPSA) is 77.5 Å². The smallest absolute Gasteiger partial charge is 0.386 e. The Labute approximate surface area is 103 Å². The zero-order valence-electron chi connectivity index (χ0n) is 9.37. The molecule has 0 aliphatic heterocycles. The molecule has 0 spiro atoms. The standard InChI is InChI=1S/C13H9N3O2/c14-16-10-6-7-12(11(8-10)13(17)18)15-9-4-2-1-3-5-9/h1-8,15H/p+1. The lowest BCUT2D eigenvalue weighted by Gasteiger charge is -2.08. The number of carbonyl (C=O) groups is 1. The minimum atomic E-state index is -1.08. The van der Waals surface area contributed by atoms with Crippen LogP contribution in [0.3, 0.4) is 0 Å². The van der Waals surface area contributed by atoms with E-state index in [2.05, 4.69) is 10.3 Å². The van der Waals surface area contributed by atoms with E-state index in [9.17, 15) is 4.79 Å². The summed E-state index contributed by atoms with van der Waals surface area (Å²) in [5, 5.41) is 20.7. The fourth-order valence-electron chi connectivity index (χ4n) is 1.56. The molecule has 88 valence electrons. The number of anilines is 2. The van der Waals surface area contributed by atoms with Crippen molar-refractivity contribution < 1.29 is 9.90 Å². The van der Waals surface area contributed by atoms with Gasteiger partial charge >= 0.3 is 11.7 Å². The van der Waals surface area contributed by atoms with Gasteiger partial charge in [0.25, 0.3) is 0 Å². The molecule has 0 aliphatic rings. The predicted octanol–water partition coefficient (Wildman–Crippen LogP) is 3.61. The van der Waals surface area contributed by atoms with Crippen LogP contribution in [0.2, 0.25) is 0 Å². The van der Waals surface area contributed by atoms with Crippen LogP contribution in [0.15, 0.2) is 48.5 Å². The van der Waals surface area contributed by atoms with Crippen LogP contribution >= 0.6 is 0 Å². The molecule has 0 atom stereocenters. The molecule has 2 rings (SSSR count). The molecule has 5 nitrogen and oxygen atoms in total. The predicted molar refractivity (Wildman–Crippen MR) is 67.9 cm³/mol. The Morgan fingerprint density at radius 2 is 1.89 bits per heavy atom. The van der Waals surface area contributed by atoms with E-state index in [-0.39, 0.29) is 11.3 Å². The normalized spacial score (nSPS) is 9.50. The Hall–Kier alpha value is -2.87. The SMILES string of the molecule is N#[N+]c1ccc(Nc2ccccc2)c(C(=O)O)c1. The van der Waals surface area contributed by atoms with E-state index < -0.39 is 5.97 Å². The van der Waals surface area contributed by atoms with Crippen molar-refractivity contribution in [3.8, 4) is 0 Å². The molecule has 0 fully saturated rings. The Morgan fingerprint density at radius 1 is 1.17 bits per heavy atom. The van der Waals surface area contributed by atoms with E-state index in [0.717, 1.165) is 5.69 Å². The van der Waals surface area contributed by atoms with Crippen molar-refractivity contribution in [1.29, 1.82) is 5.39 Å². The third kappa shape index (κ3) is 2.44. The summed E-state index contributed by atoms with van der Waals surface area (Å²) in [7, 11) is 0. The highest BCUT2D eigenvalue weighted by Gasteiger charge is 2.15. The monoisotopic (exact) mass is 240 g/mol. The maximum Gasteiger partial charge on any atom is 0.386 e. The first-order chi connectivity index (χ1) is 8.70. The number of nitrogens with zero attached hydrogens (tertiary/aromatic N) is 2. The van der Waals surface area contributed by atoms with Crippen LogP contribution in [-0.4, -0.2) is 11.1 Å². The molecule has 5 heteroatoms. The first-order valence-corrected chi connectivity index (χ1v) is 5.25. The lowest BCUT2D eigenvalue weighted by atomic mass is 10.1. The highest BCUT2D eigenvalue weighted by atomic mass is 16.4. The number of benzene rings is 2. The van der Waals surface area contributed by atoms with Crippen LogP contribution in [0.1, 0.15) is 10.4 Å². The summed E-state index contributed by atoms with van der Waals surface area (Å²) in [6, 6.07) is 13.6. The van der Waals surface area contributed by atoms with Gasteiger partial charge in [-0.25, -0.2) is 4.79 Å². The van der Waals surface area contributed by atoms with Crippen LogP contribution in [0, 0.1) is 5.39 Å². The van der Waals surface area contributed by atoms with Crippen LogP contribution < -0.4 is 5.32 Å². The fraction of sp³-hybridized carbons (Fsp3) is 0. The molecule has 0 saturated carbocycles. The van der Waals surface area contributed by atoms with Gasteiger partial charge in [-0.3, -0.25) is 0 Å². The van der Waals surface area contributed by atoms with E-state index in [1.54, 1.807) is 6.07 Å². The molecule has 0 amide bonds. The molecular weight excluding hydrogens is 230 g/mol. The molecule has 0 heterocycles. The zero-order valence-corrected chi connectivity index (χ0v) is 9.37. The van der Waals surface area contributed by atoms with Gasteiger partial charge in [-0.1, -0.05) is 18.2 Å². The summed E-state index contributed by atoms with van der Waals surface area (Å²) >= 11 is 0. The largest absolute Gasteiger partial charge is 0.478 e. The first kappa shape index (κ1) is 11.6. The number of carboxylic acid groups (broad SMARTS) is 1. The molecular formula is C13H10N3O2+. The van der Waals surface area contributed by atoms with Crippen molar-refractivity contribution in [3.05, 3.63) is 59.1 Å². The van der Waals surface area contributed by atoms with E-state index in [1.165, 1.54) is 12.1 Å². The van der Waals surface area contributed by atoms with Crippen molar-refractivity contribution in [3.63, 3.8) is 0 Å². The summed E-state index contributed by atoms with van der Waals surface area (Å²) in [5.41, 5.74) is 1.48. The summed E-state index contributed by atoms with van der Waals surface area (Å²) < 4.78 is 0. The van der Waals surface area contributed by atoms with Gasteiger partial charge in [-0.2, -0.15) is 0 Å². The van der Waals surface area contributed by atoms with Crippen molar-refractivity contribution in [2.75, 3.05) is 5.32 Å². The van der Waals surface area contributed by atoms with E-state index in [4.69, 9.17) is 10.5 Å². The number of para-hydroxylation sites is 1. The molecule has 0 unspecified atom stereocenters. The van der Waals surface area contributed by atoms with Crippen molar-refractivity contribution >= 4 is 23.0 Å². The third-order valence-corrected chi connectivity index (χ3v) is 2.40. The van der Waals surface area contributed by atoms with Crippen molar-refractivity contribution in [2.45, 2.75) is 0 Å². The maximum atomic E-state index is 11.1. The summed E-state index contributed by atoms with van der Waals surface area (Å²) in [6.07, 6.45) is 0. The van der Waals surface area contributed by atoms with Gasteiger partial charge in [0.1, 0.15) is 0 Å². The Balaban J connectivity index is 2.39. The summed E-state index contributed by atoms with van der Waals surface area (Å²) in [6.45, 7) is 0. The maximum absolute atomic E-state index is 11.1. The number of diazo groups is 1. The van der Waals surface area contributed by atoms with Crippen LogP contribution in [0.5, 0.6) is 0 Å². The lowest BCUT2D eigenvalue weighted by molar-refractivity contribution is 0.0698. The average Bonchev–Trinajstić information content (AvgIpc) is 2.40. The van der Waals surface area contributed by atoms with Gasteiger partial charge in [0, 0.05) is 11.8 Å². The highest BCUT2D eigenvalue weighted by molar-refractivity contribution is 5.96. The molecule has 0 bridgehead atoms. The summed E-state index contributed by atoms with van der Waals surface area (Å²) in [5.74, 6) is -1.08. The van der Waals surface area contributed by atoms with Crippen LogP contribution in [0.25, 0.3) is 4.98 Å². The van der Waals surface area contributed by atoms with Gasteiger partial charge in [0.15, 0.2) is 4.98 Å². The Morgan fingerprint density at radius 3 is 2.50 bits per heavy atom. The van der Waals surface area contributed by atoms with Gasteiger partial charge < -0.3 is 10.4 Å². The van der Waals surface area contributed by atoms with Crippen molar-refractivity contribution in [1.82, 2.24) is 0 Å². The number of hydrogen-bond donors (Lipinski definition) is 2. The minimum Gasteiger partial charge on any atom is -0.478 e. The summed E-state index contributed by atoms with van der Waals surface area (Å²) in [4.78, 5) is 14.1. The molecule has 0 aromatic heterocycles. The quantitative estimate of drug-likeness (QED) is 0.803. The second-order valence-corrected chi connectivity index (χ2v) is 3.63. The van der Waals surface area contributed by atoms with Gasteiger partial charge in [-0.05, 0) is 18.2 Å². The average molecular weight is 240 g/mol. The number of hydrogen-bond acceptors (Lipinski definition) is 3. The van der Waals surface area contributed by atoms with E-state index in [0.29, 0.717) is 5.69 Å². The van der Waals surface area contributed by atoms with Gasteiger partial charge in [0.2, 0.25) is 5.39 Å². The van der Waals surface area contributed by atoms with E-state index in [1.807, 2.05) is 30.3 Å². The number of carboxylic acids is 1. The molecule has 0 saturated heterocycles. The van der Waals surface area contributed by atoms with E-state index >= 15 is 0 Å². The van der Waals surface area contributed by atoms with Crippen LogP contribution in [-0.2, 0) is 0 Å². The molecule has 2 N–H and O–H groups in total. The Bertz CT molecular complexity index is 618. The minimum absolute atomic E-state index is 0.0501. The Kier molecular flexibility index (Phi) is 3.21. The molecule has 2 aromatic carbocycles. The first-order valence-electron chi connectivity index (χ1n) is 5.25. The second kappa shape index (κ2) is 4.97. The second-order valence-electron chi connectivity index (χ2n) is 3.63. The third-order valence-electron chi connectivity index (χ3n) is 2.40. The highest BCUT2D eigenvalue weighted by Crippen LogP contribution is 2.25. The van der Waals surface area contributed by atoms with Crippen LogP contribution in [0.4, 0.5) is 17.1 Å². The number of aromatic carboxylic acids is 1. The molecule has 0 radical (unpaired) electrons. The van der Waals surface area contributed by atoms with Gasteiger partial charge in [0.05, 0.1) is 17.3 Å². The van der Waals surface area contributed by atoms with Gasteiger partial charge in [-0.15, -0.1) is 0 Å². The van der Waals surface area contributed by atoms with Crippen molar-refractivity contribution in [2.24, 2.45) is 0 Å². The number of nitrogens with one attached hydrogen (secondary N) is 1. The molecule has 18 heavy (non-hydrogen) atoms. The zero-order chi connectivity index (χ0) is 13.0. The fourth-order valence-corrected chi connectivity index (χ4v) is 1.56. The molecule has 2 aromatic rings. The lowest BCUT2D eigenvalue weighted by Crippen LogP contribution is -2.02.